The van der Waals surface area contributed by atoms with Gasteiger partial charge >= 0.3 is 0 Å². The van der Waals surface area contributed by atoms with E-state index < -0.39 is 0 Å². The summed E-state index contributed by atoms with van der Waals surface area (Å²) < 4.78 is 5.22. The van der Waals surface area contributed by atoms with Crippen LogP contribution in [0.1, 0.15) is 19.7 Å². The highest BCUT2D eigenvalue weighted by Gasteiger charge is 2.04. The normalized spacial score (nSPS) is 9.15. The van der Waals surface area contributed by atoms with Crippen molar-refractivity contribution >= 4 is 11.3 Å². The zero-order chi connectivity index (χ0) is 9.68. The van der Waals surface area contributed by atoms with Crippen LogP contribution in [0.3, 0.4) is 0 Å². The molecule has 0 amide bonds. The van der Waals surface area contributed by atoms with E-state index in [0.29, 0.717) is 11.8 Å². The summed E-state index contributed by atoms with van der Waals surface area (Å²) in [7, 11) is 0. The Hall–Kier alpha value is -1.16. The molecule has 0 aliphatic heterocycles. The lowest BCUT2D eigenvalue weighted by Gasteiger charge is -1.82. The van der Waals surface area contributed by atoms with Crippen molar-refractivity contribution in [3.05, 3.63) is 23.4 Å². The van der Waals surface area contributed by atoms with Crippen LogP contribution >= 0.6 is 11.3 Å². The summed E-state index contributed by atoms with van der Waals surface area (Å²) >= 11 is 1.59. The summed E-state index contributed by atoms with van der Waals surface area (Å²) in [5, 5.41) is 9.60. The van der Waals surface area contributed by atoms with E-state index in [9.17, 15) is 0 Å². The molecule has 0 bridgehead atoms. The summed E-state index contributed by atoms with van der Waals surface area (Å²) in [6, 6.07) is 3.91. The first kappa shape index (κ1) is 9.92. The maximum Gasteiger partial charge on any atom is 0.257 e. The largest absolute Gasteiger partial charge is 0.420 e. The molecule has 2 rings (SSSR count). The third-order valence-electron chi connectivity index (χ3n) is 1.26. The molecule has 0 aromatic carbocycles. The van der Waals surface area contributed by atoms with Gasteiger partial charge in [0.1, 0.15) is 0 Å². The van der Waals surface area contributed by atoms with Gasteiger partial charge in [-0.25, -0.2) is 0 Å². The van der Waals surface area contributed by atoms with Crippen LogP contribution in [0.2, 0.25) is 0 Å². The van der Waals surface area contributed by atoms with Gasteiger partial charge < -0.3 is 4.42 Å². The molecule has 13 heavy (non-hydrogen) atoms. The van der Waals surface area contributed by atoms with Crippen LogP contribution in [-0.2, 0) is 0 Å². The van der Waals surface area contributed by atoms with E-state index in [0.717, 1.165) is 4.88 Å². The van der Waals surface area contributed by atoms with Gasteiger partial charge in [0.15, 0.2) is 0 Å². The van der Waals surface area contributed by atoms with Gasteiger partial charge in [0.2, 0.25) is 5.89 Å². The van der Waals surface area contributed by atoms with Crippen molar-refractivity contribution in [3.8, 4) is 10.8 Å². The summed E-state index contributed by atoms with van der Waals surface area (Å²) in [6.45, 7) is 5.78. The number of rotatable bonds is 1. The van der Waals surface area contributed by atoms with E-state index in [1.807, 2.05) is 31.4 Å². The molecule has 0 fully saturated rings. The Morgan fingerprint density at radius 3 is 2.54 bits per heavy atom. The Labute approximate surface area is 81.4 Å². The molecule has 2 aromatic heterocycles. The first-order valence-electron chi connectivity index (χ1n) is 4.20. The molecule has 0 saturated heterocycles. The van der Waals surface area contributed by atoms with Crippen molar-refractivity contribution in [2.24, 2.45) is 0 Å². The highest BCUT2D eigenvalue weighted by atomic mass is 32.1. The number of hydrogen-bond acceptors (Lipinski definition) is 4. The predicted octanol–water partition coefficient (Wildman–Crippen LogP) is 3.13. The quantitative estimate of drug-likeness (QED) is 0.703. The summed E-state index contributed by atoms with van der Waals surface area (Å²) in [4.78, 5) is 1.02. The SMILES string of the molecule is CC.Cc1nnc(-c2cccs2)o1. The number of hydrogen-bond donors (Lipinski definition) is 0. The topological polar surface area (TPSA) is 38.9 Å². The fraction of sp³-hybridized carbons (Fsp3) is 0.333. The number of nitrogens with zero attached hydrogens (tertiary/aromatic N) is 2. The Morgan fingerprint density at radius 1 is 1.31 bits per heavy atom. The second-order valence-electron chi connectivity index (χ2n) is 2.10. The number of aromatic nitrogens is 2. The lowest BCUT2D eigenvalue weighted by atomic mass is 10.5. The van der Waals surface area contributed by atoms with E-state index in [4.69, 9.17) is 4.42 Å². The standard InChI is InChI=1S/C7H6N2OS.C2H6/c1-5-8-9-7(10-5)6-3-2-4-11-6;1-2/h2-4H,1H3;1-2H3. The van der Waals surface area contributed by atoms with Crippen molar-refractivity contribution in [1.82, 2.24) is 10.2 Å². The molecule has 0 saturated carbocycles. The molecule has 0 spiro atoms. The fourth-order valence-electron chi connectivity index (χ4n) is 0.796. The third-order valence-corrected chi connectivity index (χ3v) is 2.12. The van der Waals surface area contributed by atoms with E-state index in [1.165, 1.54) is 0 Å². The lowest BCUT2D eigenvalue weighted by Crippen LogP contribution is -1.70. The van der Waals surface area contributed by atoms with E-state index >= 15 is 0 Å². The maximum absolute atomic E-state index is 5.22. The first-order valence-corrected chi connectivity index (χ1v) is 5.08. The molecule has 2 heterocycles. The third kappa shape index (κ3) is 2.39. The Balaban J connectivity index is 0.000000396. The molecular formula is C9H12N2OS. The van der Waals surface area contributed by atoms with E-state index in [-0.39, 0.29) is 0 Å². The van der Waals surface area contributed by atoms with Gasteiger partial charge in [-0.15, -0.1) is 21.5 Å². The highest BCUT2D eigenvalue weighted by Crippen LogP contribution is 2.22. The van der Waals surface area contributed by atoms with Gasteiger partial charge in [-0.3, -0.25) is 0 Å². The monoisotopic (exact) mass is 196 g/mol. The molecular weight excluding hydrogens is 184 g/mol. The molecule has 0 aliphatic rings. The molecule has 70 valence electrons. The number of thiophene rings is 1. The van der Waals surface area contributed by atoms with E-state index in [1.54, 1.807) is 18.3 Å². The lowest BCUT2D eigenvalue weighted by molar-refractivity contribution is 0.534. The summed E-state index contributed by atoms with van der Waals surface area (Å²) in [5.74, 6) is 1.21. The highest BCUT2D eigenvalue weighted by molar-refractivity contribution is 7.13. The molecule has 0 atom stereocenters. The average Bonchev–Trinajstić information content (AvgIpc) is 2.77. The molecule has 0 radical (unpaired) electrons. The second kappa shape index (κ2) is 4.77. The predicted molar refractivity (Wildman–Crippen MR) is 53.7 cm³/mol. The van der Waals surface area contributed by atoms with Gasteiger partial charge in [-0.2, -0.15) is 0 Å². The van der Waals surface area contributed by atoms with Crippen molar-refractivity contribution < 1.29 is 4.42 Å². The van der Waals surface area contributed by atoms with Gasteiger partial charge in [-0.05, 0) is 11.4 Å². The Kier molecular flexibility index (Phi) is 3.64. The minimum Gasteiger partial charge on any atom is -0.420 e. The smallest absolute Gasteiger partial charge is 0.257 e. The van der Waals surface area contributed by atoms with Gasteiger partial charge in [0.05, 0.1) is 4.88 Å². The number of aryl methyl sites for hydroxylation is 1. The summed E-state index contributed by atoms with van der Waals surface area (Å²) in [6.07, 6.45) is 0. The fourth-order valence-corrected chi connectivity index (χ4v) is 1.44. The zero-order valence-corrected chi connectivity index (χ0v) is 8.76. The van der Waals surface area contributed by atoms with Crippen LogP contribution < -0.4 is 0 Å². The average molecular weight is 196 g/mol. The van der Waals surface area contributed by atoms with Crippen LogP contribution in [0.5, 0.6) is 0 Å². The van der Waals surface area contributed by atoms with E-state index in [2.05, 4.69) is 10.2 Å². The first-order chi connectivity index (χ1) is 6.36. The minimum absolute atomic E-state index is 0.605. The van der Waals surface area contributed by atoms with Gasteiger partial charge in [-0.1, -0.05) is 19.9 Å². The maximum atomic E-state index is 5.22. The van der Waals surface area contributed by atoms with Crippen molar-refractivity contribution in [1.29, 1.82) is 0 Å². The Bertz CT molecular complexity index is 340. The minimum atomic E-state index is 0.605. The Morgan fingerprint density at radius 2 is 2.08 bits per heavy atom. The van der Waals surface area contributed by atoms with Crippen molar-refractivity contribution in [2.75, 3.05) is 0 Å². The second-order valence-corrected chi connectivity index (χ2v) is 3.05. The molecule has 4 heteroatoms. The molecule has 0 N–H and O–H groups in total. The van der Waals surface area contributed by atoms with Crippen LogP contribution in [0.4, 0.5) is 0 Å². The van der Waals surface area contributed by atoms with Crippen LogP contribution in [0.25, 0.3) is 10.8 Å². The van der Waals surface area contributed by atoms with Crippen LogP contribution in [0.15, 0.2) is 21.9 Å². The molecule has 0 aliphatic carbocycles. The summed E-state index contributed by atoms with van der Waals surface area (Å²) in [5.41, 5.74) is 0. The zero-order valence-electron chi connectivity index (χ0n) is 7.94. The molecule has 2 aromatic rings. The van der Waals surface area contributed by atoms with Gasteiger partial charge in [0, 0.05) is 6.92 Å². The molecule has 0 unspecified atom stereocenters. The van der Waals surface area contributed by atoms with Crippen LogP contribution in [0, 0.1) is 6.92 Å². The van der Waals surface area contributed by atoms with Gasteiger partial charge in [0.25, 0.3) is 5.89 Å². The van der Waals surface area contributed by atoms with Crippen LogP contribution in [-0.4, -0.2) is 10.2 Å². The molecule has 3 nitrogen and oxygen atoms in total. The van der Waals surface area contributed by atoms with Crippen molar-refractivity contribution in [3.63, 3.8) is 0 Å². The van der Waals surface area contributed by atoms with Crippen molar-refractivity contribution in [2.45, 2.75) is 20.8 Å².